The Labute approximate surface area is 101 Å². The van der Waals surface area contributed by atoms with Crippen molar-refractivity contribution in [2.24, 2.45) is 0 Å². The number of nitrogens with one attached hydrogen (secondary N) is 1. The molecule has 1 aliphatic heterocycles. The van der Waals surface area contributed by atoms with Crippen LogP contribution >= 0.6 is 0 Å². The highest BCUT2D eigenvalue weighted by molar-refractivity contribution is 5.57. The monoisotopic (exact) mass is 228 g/mol. The van der Waals surface area contributed by atoms with Crippen LogP contribution in [-0.4, -0.2) is 17.6 Å². The topological polar surface area (TPSA) is 38.1 Å². The Morgan fingerprint density at radius 3 is 2.94 bits per heavy atom. The lowest BCUT2D eigenvalue weighted by Gasteiger charge is -2.05. The highest BCUT2D eigenvalue weighted by Crippen LogP contribution is 2.19. The van der Waals surface area contributed by atoms with Crippen molar-refractivity contribution in [3.05, 3.63) is 42.5 Å². The smallest absolute Gasteiger partial charge is 0.196 e. The van der Waals surface area contributed by atoms with Crippen molar-refractivity contribution in [3.8, 4) is 11.3 Å². The highest BCUT2D eigenvalue weighted by Gasteiger charge is 2.17. The molecule has 3 nitrogen and oxygen atoms in total. The zero-order valence-corrected chi connectivity index (χ0v) is 9.73. The van der Waals surface area contributed by atoms with Crippen LogP contribution in [0.2, 0.25) is 0 Å². The average molecular weight is 228 g/mol. The van der Waals surface area contributed by atoms with Gasteiger partial charge < -0.3 is 9.73 Å². The maximum Gasteiger partial charge on any atom is 0.196 e. The largest absolute Gasteiger partial charge is 0.448 e. The Morgan fingerprint density at radius 2 is 2.18 bits per heavy atom. The van der Waals surface area contributed by atoms with E-state index in [1.165, 1.54) is 12.8 Å². The van der Waals surface area contributed by atoms with Gasteiger partial charge in [-0.15, -0.1) is 0 Å². The Bertz CT molecular complexity index is 472. The minimum absolute atomic E-state index is 0.539. The lowest BCUT2D eigenvalue weighted by molar-refractivity contribution is 0.456. The first kappa shape index (κ1) is 10.5. The molecule has 1 saturated heterocycles. The molecule has 2 aromatic rings. The molecule has 1 unspecified atom stereocenters. The molecule has 1 fully saturated rings. The number of oxazole rings is 1. The van der Waals surface area contributed by atoms with Crippen molar-refractivity contribution >= 4 is 0 Å². The third-order valence-corrected chi connectivity index (χ3v) is 3.20. The summed E-state index contributed by atoms with van der Waals surface area (Å²) in [6.07, 6.45) is 5.13. The number of aromatic nitrogens is 1. The van der Waals surface area contributed by atoms with Crippen LogP contribution in [0.15, 0.2) is 41.0 Å². The van der Waals surface area contributed by atoms with Gasteiger partial charge in [0, 0.05) is 18.0 Å². The molecule has 0 bridgehead atoms. The summed E-state index contributed by atoms with van der Waals surface area (Å²) in [5.41, 5.74) is 2.04. The SMILES string of the molecule is c1ccc(-c2coc(CC3CCCN3)n2)cc1. The molecule has 88 valence electrons. The van der Waals surface area contributed by atoms with Gasteiger partial charge in [0.1, 0.15) is 12.0 Å². The van der Waals surface area contributed by atoms with Crippen LogP contribution in [0.5, 0.6) is 0 Å². The van der Waals surface area contributed by atoms with Crippen LogP contribution in [0.3, 0.4) is 0 Å². The van der Waals surface area contributed by atoms with E-state index in [-0.39, 0.29) is 0 Å². The molecule has 1 atom stereocenters. The lowest BCUT2D eigenvalue weighted by atomic mass is 10.1. The number of nitrogens with zero attached hydrogens (tertiary/aromatic N) is 1. The normalized spacial score (nSPS) is 19.6. The van der Waals surface area contributed by atoms with Gasteiger partial charge in [0.2, 0.25) is 0 Å². The molecule has 1 N–H and O–H groups in total. The first-order chi connectivity index (χ1) is 8.42. The molecule has 3 rings (SSSR count). The Kier molecular flexibility index (Phi) is 2.92. The van der Waals surface area contributed by atoms with E-state index in [4.69, 9.17) is 4.42 Å². The van der Waals surface area contributed by atoms with Crippen molar-refractivity contribution in [2.45, 2.75) is 25.3 Å². The van der Waals surface area contributed by atoms with Gasteiger partial charge in [-0.1, -0.05) is 30.3 Å². The van der Waals surface area contributed by atoms with Gasteiger partial charge in [0.25, 0.3) is 0 Å². The van der Waals surface area contributed by atoms with Gasteiger partial charge in [-0.25, -0.2) is 4.98 Å². The fourth-order valence-electron chi connectivity index (χ4n) is 2.29. The summed E-state index contributed by atoms with van der Waals surface area (Å²) in [7, 11) is 0. The van der Waals surface area contributed by atoms with Gasteiger partial charge in [0.05, 0.1) is 0 Å². The van der Waals surface area contributed by atoms with Crippen LogP contribution in [0.4, 0.5) is 0 Å². The molecule has 1 aromatic carbocycles. The van der Waals surface area contributed by atoms with Crippen LogP contribution in [-0.2, 0) is 6.42 Å². The van der Waals surface area contributed by atoms with E-state index < -0.39 is 0 Å². The van der Waals surface area contributed by atoms with Gasteiger partial charge in [-0.2, -0.15) is 0 Å². The van der Waals surface area contributed by atoms with Gasteiger partial charge >= 0.3 is 0 Å². The zero-order valence-electron chi connectivity index (χ0n) is 9.73. The summed E-state index contributed by atoms with van der Waals surface area (Å²) in [4.78, 5) is 4.54. The van der Waals surface area contributed by atoms with Crippen LogP contribution in [0.1, 0.15) is 18.7 Å². The molecule has 0 amide bonds. The van der Waals surface area contributed by atoms with Crippen LogP contribution < -0.4 is 5.32 Å². The Morgan fingerprint density at radius 1 is 1.29 bits per heavy atom. The first-order valence-corrected chi connectivity index (χ1v) is 6.15. The predicted molar refractivity (Wildman–Crippen MR) is 66.7 cm³/mol. The molecule has 1 aromatic heterocycles. The summed E-state index contributed by atoms with van der Waals surface area (Å²) < 4.78 is 5.53. The van der Waals surface area contributed by atoms with Crippen molar-refractivity contribution < 1.29 is 4.42 Å². The summed E-state index contributed by atoms with van der Waals surface area (Å²) in [6, 6.07) is 10.7. The van der Waals surface area contributed by atoms with Gasteiger partial charge in [-0.05, 0) is 19.4 Å². The molecule has 2 heterocycles. The lowest BCUT2D eigenvalue weighted by Crippen LogP contribution is -2.23. The second kappa shape index (κ2) is 4.72. The second-order valence-corrected chi connectivity index (χ2v) is 4.49. The van der Waals surface area contributed by atoms with E-state index in [2.05, 4.69) is 22.4 Å². The van der Waals surface area contributed by atoms with E-state index in [1.54, 1.807) is 6.26 Å². The quantitative estimate of drug-likeness (QED) is 0.877. The Balaban J connectivity index is 1.74. The summed E-state index contributed by atoms with van der Waals surface area (Å²) in [5.74, 6) is 0.836. The summed E-state index contributed by atoms with van der Waals surface area (Å²) in [6.45, 7) is 1.12. The average Bonchev–Trinajstić information content (AvgIpc) is 3.02. The van der Waals surface area contributed by atoms with E-state index in [0.29, 0.717) is 6.04 Å². The molecule has 1 aliphatic rings. The van der Waals surface area contributed by atoms with Crippen molar-refractivity contribution in [2.75, 3.05) is 6.54 Å². The molecule has 0 spiro atoms. The molecule has 0 saturated carbocycles. The van der Waals surface area contributed by atoms with Gasteiger partial charge in [-0.3, -0.25) is 0 Å². The second-order valence-electron chi connectivity index (χ2n) is 4.49. The molecule has 3 heteroatoms. The van der Waals surface area contributed by atoms with Crippen molar-refractivity contribution in [3.63, 3.8) is 0 Å². The van der Waals surface area contributed by atoms with E-state index in [1.807, 2.05) is 18.2 Å². The minimum atomic E-state index is 0.539. The summed E-state index contributed by atoms with van der Waals surface area (Å²) >= 11 is 0. The van der Waals surface area contributed by atoms with Crippen molar-refractivity contribution in [1.82, 2.24) is 10.3 Å². The fourth-order valence-corrected chi connectivity index (χ4v) is 2.29. The maximum atomic E-state index is 5.53. The molecular formula is C14H16N2O. The molecule has 0 radical (unpaired) electrons. The highest BCUT2D eigenvalue weighted by atomic mass is 16.3. The predicted octanol–water partition coefficient (Wildman–Crippen LogP) is 2.64. The number of hydrogen-bond donors (Lipinski definition) is 1. The Hall–Kier alpha value is -1.61. The first-order valence-electron chi connectivity index (χ1n) is 6.15. The maximum absolute atomic E-state index is 5.53. The third-order valence-electron chi connectivity index (χ3n) is 3.20. The number of benzene rings is 1. The van der Waals surface area contributed by atoms with Crippen LogP contribution in [0.25, 0.3) is 11.3 Å². The van der Waals surface area contributed by atoms with E-state index in [9.17, 15) is 0 Å². The van der Waals surface area contributed by atoms with E-state index in [0.717, 1.165) is 30.1 Å². The zero-order chi connectivity index (χ0) is 11.5. The van der Waals surface area contributed by atoms with Crippen LogP contribution in [0, 0.1) is 0 Å². The van der Waals surface area contributed by atoms with Gasteiger partial charge in [0.15, 0.2) is 5.89 Å². The molecule has 17 heavy (non-hydrogen) atoms. The summed E-state index contributed by atoms with van der Waals surface area (Å²) in [5, 5.41) is 3.45. The number of hydrogen-bond acceptors (Lipinski definition) is 3. The standard InChI is InChI=1S/C14H16N2O/c1-2-5-11(6-3-1)13-10-17-14(16-13)9-12-7-4-8-15-12/h1-3,5-6,10,12,15H,4,7-9H2. The molecule has 0 aliphatic carbocycles. The minimum Gasteiger partial charge on any atom is -0.448 e. The molecular weight excluding hydrogens is 212 g/mol. The number of rotatable bonds is 3. The van der Waals surface area contributed by atoms with E-state index >= 15 is 0 Å². The third kappa shape index (κ3) is 2.39. The fraction of sp³-hybridized carbons (Fsp3) is 0.357. The van der Waals surface area contributed by atoms with Crippen molar-refractivity contribution in [1.29, 1.82) is 0 Å².